The molecule has 0 unspecified atom stereocenters. The quantitative estimate of drug-likeness (QED) is 0.413. The minimum Gasteiger partial charge on any atom is -0.466 e. The van der Waals surface area contributed by atoms with Crippen LogP contribution in [0.5, 0.6) is 0 Å². The average molecular weight is 377 g/mol. The number of rotatable bonds is 4. The van der Waals surface area contributed by atoms with E-state index in [-0.39, 0.29) is 17.9 Å². The van der Waals surface area contributed by atoms with E-state index in [0.29, 0.717) is 0 Å². The molecule has 1 aliphatic rings. The third kappa shape index (κ3) is 3.40. The fraction of sp³-hybridized carbons (Fsp3) is 0.429. The highest BCUT2D eigenvalue weighted by molar-refractivity contribution is 5.83. The number of benzene rings is 1. The number of esters is 1. The number of nitro benzene ring substituents is 1. The van der Waals surface area contributed by atoms with E-state index < -0.39 is 40.8 Å². The van der Waals surface area contributed by atoms with Crippen LogP contribution < -0.4 is 10.6 Å². The minimum atomic E-state index is -5.39. The van der Waals surface area contributed by atoms with Gasteiger partial charge in [0, 0.05) is 12.1 Å². The second-order valence-corrected chi connectivity index (χ2v) is 5.42. The third-order valence-corrected chi connectivity index (χ3v) is 3.81. The molecule has 1 fully saturated rings. The molecule has 12 heteroatoms. The van der Waals surface area contributed by atoms with Crippen molar-refractivity contribution in [1.82, 2.24) is 10.6 Å². The number of non-ortho nitro benzene ring substituents is 1. The molecule has 9 nitrogen and oxygen atoms in total. The van der Waals surface area contributed by atoms with Gasteiger partial charge >= 0.3 is 18.2 Å². The van der Waals surface area contributed by atoms with Crippen molar-refractivity contribution in [3.8, 4) is 0 Å². The Kier molecular flexibility index (Phi) is 5.07. The second-order valence-electron chi connectivity index (χ2n) is 5.42. The average Bonchev–Trinajstić information content (AvgIpc) is 2.53. The van der Waals surface area contributed by atoms with Gasteiger partial charge in [0.25, 0.3) is 11.4 Å². The lowest BCUT2D eigenvalue weighted by atomic mass is 9.82. The number of aliphatic hydroxyl groups is 1. The molecule has 0 spiro atoms. The van der Waals surface area contributed by atoms with Gasteiger partial charge in [-0.15, -0.1) is 0 Å². The van der Waals surface area contributed by atoms with Gasteiger partial charge in [-0.25, -0.2) is 4.79 Å². The van der Waals surface area contributed by atoms with Crippen molar-refractivity contribution in [2.45, 2.75) is 24.9 Å². The van der Waals surface area contributed by atoms with Gasteiger partial charge in [-0.1, -0.05) is 12.1 Å². The van der Waals surface area contributed by atoms with Crippen LogP contribution in [-0.4, -0.2) is 40.5 Å². The Morgan fingerprint density at radius 1 is 1.38 bits per heavy atom. The highest BCUT2D eigenvalue weighted by Gasteiger charge is 2.67. The summed E-state index contributed by atoms with van der Waals surface area (Å²) in [6.45, 7) is 1.10. The van der Waals surface area contributed by atoms with Crippen molar-refractivity contribution < 1.29 is 37.5 Å². The zero-order chi connectivity index (χ0) is 19.7. The zero-order valence-corrected chi connectivity index (χ0v) is 13.2. The first kappa shape index (κ1) is 19.4. The lowest BCUT2D eigenvalue weighted by Crippen LogP contribution is -2.73. The number of carbonyl (C=O) groups excluding carboxylic acids is 2. The SMILES string of the molecule is CCOC(=O)[C@@H]1[C@H](c2ccc([N+](=O)[O-])cc2)NC(=O)N[C@@]1(O)C(F)(F)F. The second kappa shape index (κ2) is 6.78. The van der Waals surface area contributed by atoms with Crippen molar-refractivity contribution in [3.63, 3.8) is 0 Å². The number of halogens is 3. The molecule has 0 aliphatic carbocycles. The normalized spacial score (nSPS) is 25.8. The lowest BCUT2D eigenvalue weighted by molar-refractivity contribution is -0.384. The number of nitrogens with one attached hydrogen (secondary N) is 2. The van der Waals surface area contributed by atoms with Gasteiger partial charge in [0.1, 0.15) is 5.92 Å². The van der Waals surface area contributed by atoms with E-state index in [1.54, 1.807) is 0 Å². The smallest absolute Gasteiger partial charge is 0.437 e. The molecule has 1 saturated heterocycles. The Hall–Kier alpha value is -2.89. The fourth-order valence-corrected chi connectivity index (χ4v) is 2.62. The van der Waals surface area contributed by atoms with Gasteiger partial charge in [0.15, 0.2) is 0 Å². The summed E-state index contributed by atoms with van der Waals surface area (Å²) in [6.07, 6.45) is -5.39. The molecule has 2 rings (SSSR count). The molecule has 0 bridgehead atoms. The van der Waals surface area contributed by atoms with Crippen LogP contribution in [0.2, 0.25) is 0 Å². The first-order valence-electron chi connectivity index (χ1n) is 7.30. The fourth-order valence-electron chi connectivity index (χ4n) is 2.62. The molecule has 1 aromatic rings. The molecule has 0 radical (unpaired) electrons. The maximum Gasteiger partial charge on any atom is 0.437 e. The number of ether oxygens (including phenoxy) is 1. The molecule has 2 amide bonds. The van der Waals surface area contributed by atoms with Crippen LogP contribution in [0.25, 0.3) is 0 Å². The van der Waals surface area contributed by atoms with E-state index in [1.165, 1.54) is 12.2 Å². The summed E-state index contributed by atoms with van der Waals surface area (Å²) in [5, 5.41) is 24.2. The molecule has 0 aromatic heterocycles. The lowest BCUT2D eigenvalue weighted by Gasteiger charge is -2.44. The van der Waals surface area contributed by atoms with E-state index in [9.17, 15) is 38.0 Å². The number of amides is 2. The minimum absolute atomic E-state index is 0.0498. The number of hydrogen-bond donors (Lipinski definition) is 3. The molecular weight excluding hydrogens is 363 g/mol. The number of alkyl halides is 3. The van der Waals surface area contributed by atoms with E-state index in [0.717, 1.165) is 24.3 Å². The first-order valence-corrected chi connectivity index (χ1v) is 7.30. The number of urea groups is 1. The Labute approximate surface area is 144 Å². The Balaban J connectivity index is 2.54. The summed E-state index contributed by atoms with van der Waals surface area (Å²) in [6, 6.07) is 1.16. The summed E-state index contributed by atoms with van der Waals surface area (Å²) < 4.78 is 44.9. The number of nitrogens with zero attached hydrogens (tertiary/aromatic N) is 1. The van der Waals surface area contributed by atoms with Gasteiger partial charge in [-0.05, 0) is 12.5 Å². The molecule has 1 aliphatic heterocycles. The Bertz CT molecular complexity index is 724. The van der Waals surface area contributed by atoms with Crippen LogP contribution in [0, 0.1) is 16.0 Å². The molecule has 3 N–H and O–H groups in total. The highest BCUT2D eigenvalue weighted by atomic mass is 19.4. The van der Waals surface area contributed by atoms with Crippen LogP contribution in [0.15, 0.2) is 24.3 Å². The maximum absolute atomic E-state index is 13.4. The van der Waals surface area contributed by atoms with E-state index in [1.807, 2.05) is 0 Å². The van der Waals surface area contributed by atoms with E-state index >= 15 is 0 Å². The predicted octanol–water partition coefficient (Wildman–Crippen LogP) is 1.38. The zero-order valence-electron chi connectivity index (χ0n) is 13.2. The summed E-state index contributed by atoms with van der Waals surface area (Å²) in [5.41, 5.74) is -4.27. The summed E-state index contributed by atoms with van der Waals surface area (Å²) in [5.74, 6) is -3.68. The number of nitro groups is 1. The van der Waals surface area contributed by atoms with Crippen molar-refractivity contribution in [2.24, 2.45) is 5.92 Å². The van der Waals surface area contributed by atoms with Crippen LogP contribution in [0.4, 0.5) is 23.7 Å². The number of hydrogen-bond acceptors (Lipinski definition) is 6. The van der Waals surface area contributed by atoms with E-state index in [4.69, 9.17) is 0 Å². The van der Waals surface area contributed by atoms with Gasteiger partial charge in [0.05, 0.1) is 17.6 Å². The molecule has 1 aromatic carbocycles. The van der Waals surface area contributed by atoms with Gasteiger partial charge in [0.2, 0.25) is 0 Å². The first-order chi connectivity index (χ1) is 12.0. The maximum atomic E-state index is 13.4. The summed E-state index contributed by atoms with van der Waals surface area (Å²) in [4.78, 5) is 33.8. The Morgan fingerprint density at radius 2 is 1.96 bits per heavy atom. The van der Waals surface area contributed by atoms with Crippen molar-refractivity contribution >= 4 is 17.7 Å². The predicted molar refractivity (Wildman–Crippen MR) is 78.6 cm³/mol. The Morgan fingerprint density at radius 3 is 2.42 bits per heavy atom. The molecule has 26 heavy (non-hydrogen) atoms. The molecule has 3 atom stereocenters. The molecule has 1 heterocycles. The topological polar surface area (TPSA) is 131 Å². The molecule has 142 valence electrons. The van der Waals surface area contributed by atoms with Crippen LogP contribution >= 0.6 is 0 Å². The molecule has 0 saturated carbocycles. The summed E-state index contributed by atoms with van der Waals surface area (Å²) >= 11 is 0. The van der Waals surface area contributed by atoms with Crippen LogP contribution in [0.1, 0.15) is 18.5 Å². The third-order valence-electron chi connectivity index (χ3n) is 3.81. The standard InChI is InChI=1S/C14H14F3N3O6/c1-2-26-11(21)9-10(7-3-5-8(6-4-7)20(24)25)18-12(22)19-13(9,23)14(15,16)17/h3-6,9-10,23H,2H2,1H3,(H2,18,19,22)/t9-,10-,13-/m0/s1. The molecular formula is C14H14F3N3O6. The largest absolute Gasteiger partial charge is 0.466 e. The van der Waals surface area contributed by atoms with Crippen LogP contribution in [0.3, 0.4) is 0 Å². The van der Waals surface area contributed by atoms with Crippen molar-refractivity contribution in [1.29, 1.82) is 0 Å². The van der Waals surface area contributed by atoms with Gasteiger partial charge in [-0.2, -0.15) is 13.2 Å². The van der Waals surface area contributed by atoms with Crippen molar-refractivity contribution in [2.75, 3.05) is 6.61 Å². The monoisotopic (exact) mass is 377 g/mol. The van der Waals surface area contributed by atoms with Gasteiger partial charge < -0.3 is 20.5 Å². The van der Waals surface area contributed by atoms with Gasteiger partial charge in [-0.3, -0.25) is 14.9 Å². The summed E-state index contributed by atoms with van der Waals surface area (Å²) in [7, 11) is 0. The number of carbonyl (C=O) groups is 2. The van der Waals surface area contributed by atoms with E-state index in [2.05, 4.69) is 10.1 Å². The highest BCUT2D eigenvalue weighted by Crippen LogP contribution is 2.43. The van der Waals surface area contributed by atoms with Crippen molar-refractivity contribution in [3.05, 3.63) is 39.9 Å². The van der Waals surface area contributed by atoms with Crippen LogP contribution in [-0.2, 0) is 9.53 Å².